The van der Waals surface area contributed by atoms with Gasteiger partial charge in [0.25, 0.3) is 0 Å². The quantitative estimate of drug-likeness (QED) is 0.629. The van der Waals surface area contributed by atoms with E-state index in [-0.39, 0.29) is 6.67 Å². The predicted octanol–water partition coefficient (Wildman–Crippen LogP) is 0.435. The summed E-state index contributed by atoms with van der Waals surface area (Å²) in [5.41, 5.74) is 5.25. The summed E-state index contributed by atoms with van der Waals surface area (Å²) >= 11 is 0. The second-order valence-corrected chi connectivity index (χ2v) is 1.73. The molecule has 0 saturated carbocycles. The van der Waals surface area contributed by atoms with Crippen molar-refractivity contribution in [1.82, 2.24) is 9.55 Å². The maximum atomic E-state index is 11.6. The average Bonchev–Trinajstić information content (AvgIpc) is 2.17. The van der Waals surface area contributed by atoms with Gasteiger partial charge in [-0.25, -0.2) is 9.37 Å². The van der Waals surface area contributed by atoms with Crippen molar-refractivity contribution in [3.05, 3.63) is 12.5 Å². The molecule has 0 radical (unpaired) electrons. The molecule has 0 fully saturated rings. The van der Waals surface area contributed by atoms with E-state index in [2.05, 4.69) is 4.98 Å². The van der Waals surface area contributed by atoms with E-state index in [0.29, 0.717) is 12.4 Å². The maximum Gasteiger partial charge on any atom is 0.141 e. The van der Waals surface area contributed by atoms with Crippen LogP contribution in [0, 0.1) is 0 Å². The molecular formula is C5H8FN3. The zero-order chi connectivity index (χ0) is 6.69. The van der Waals surface area contributed by atoms with E-state index in [1.54, 1.807) is 10.8 Å². The van der Waals surface area contributed by atoms with Gasteiger partial charge in [0, 0.05) is 6.20 Å². The summed E-state index contributed by atoms with van der Waals surface area (Å²) < 4.78 is 13.2. The SMILES string of the molecule is Nc1cn(CCF)cn1. The van der Waals surface area contributed by atoms with Crippen LogP contribution in [0.5, 0.6) is 0 Å². The van der Waals surface area contributed by atoms with E-state index in [4.69, 9.17) is 5.73 Å². The lowest BCUT2D eigenvalue weighted by atomic mass is 10.7. The second-order valence-electron chi connectivity index (χ2n) is 1.73. The first-order valence-corrected chi connectivity index (χ1v) is 2.66. The molecule has 0 spiro atoms. The molecule has 0 atom stereocenters. The Morgan fingerprint density at radius 3 is 3.00 bits per heavy atom. The van der Waals surface area contributed by atoms with E-state index in [9.17, 15) is 4.39 Å². The molecule has 0 aliphatic rings. The fourth-order valence-corrected chi connectivity index (χ4v) is 0.597. The van der Waals surface area contributed by atoms with Gasteiger partial charge < -0.3 is 10.3 Å². The van der Waals surface area contributed by atoms with Crippen molar-refractivity contribution >= 4 is 5.82 Å². The lowest BCUT2D eigenvalue weighted by Gasteiger charge is -1.91. The largest absolute Gasteiger partial charge is 0.382 e. The monoisotopic (exact) mass is 129 g/mol. The number of nitrogens with two attached hydrogens (primary N) is 1. The number of nitrogen functional groups attached to an aromatic ring is 1. The van der Waals surface area contributed by atoms with Crippen LogP contribution in [-0.4, -0.2) is 16.2 Å². The van der Waals surface area contributed by atoms with Crippen LogP contribution in [0.25, 0.3) is 0 Å². The molecule has 1 rings (SSSR count). The first-order chi connectivity index (χ1) is 4.33. The number of rotatable bonds is 2. The molecule has 3 nitrogen and oxygen atoms in total. The van der Waals surface area contributed by atoms with Crippen LogP contribution in [-0.2, 0) is 6.54 Å². The average molecular weight is 129 g/mol. The predicted molar refractivity (Wildman–Crippen MR) is 32.6 cm³/mol. The number of alkyl halides is 1. The van der Waals surface area contributed by atoms with Crippen LogP contribution < -0.4 is 5.73 Å². The lowest BCUT2D eigenvalue weighted by molar-refractivity contribution is 0.445. The van der Waals surface area contributed by atoms with Gasteiger partial charge in [0.2, 0.25) is 0 Å². The fraction of sp³-hybridized carbons (Fsp3) is 0.400. The Hall–Kier alpha value is -1.06. The van der Waals surface area contributed by atoms with Crippen molar-refractivity contribution in [1.29, 1.82) is 0 Å². The minimum atomic E-state index is -0.379. The highest BCUT2D eigenvalue weighted by atomic mass is 19.1. The van der Waals surface area contributed by atoms with Gasteiger partial charge in [0.15, 0.2) is 0 Å². The minimum absolute atomic E-state index is 0.337. The zero-order valence-corrected chi connectivity index (χ0v) is 4.92. The van der Waals surface area contributed by atoms with Crippen LogP contribution in [0.4, 0.5) is 10.2 Å². The van der Waals surface area contributed by atoms with Crippen LogP contribution in [0.15, 0.2) is 12.5 Å². The first kappa shape index (κ1) is 6.07. The lowest BCUT2D eigenvalue weighted by Crippen LogP contribution is -1.94. The maximum absolute atomic E-state index is 11.6. The van der Waals surface area contributed by atoms with Gasteiger partial charge >= 0.3 is 0 Å². The third-order valence-corrected chi connectivity index (χ3v) is 0.996. The normalized spacial score (nSPS) is 9.89. The molecule has 0 bridgehead atoms. The Kier molecular flexibility index (Phi) is 1.67. The van der Waals surface area contributed by atoms with Gasteiger partial charge in [-0.15, -0.1) is 0 Å². The van der Waals surface area contributed by atoms with E-state index < -0.39 is 0 Å². The van der Waals surface area contributed by atoms with Gasteiger partial charge in [-0.2, -0.15) is 0 Å². The van der Waals surface area contributed by atoms with E-state index in [1.165, 1.54) is 6.33 Å². The Labute approximate surface area is 52.3 Å². The molecule has 0 saturated heterocycles. The van der Waals surface area contributed by atoms with Crippen molar-refractivity contribution in [2.45, 2.75) is 6.54 Å². The van der Waals surface area contributed by atoms with Gasteiger partial charge in [-0.05, 0) is 0 Å². The van der Waals surface area contributed by atoms with Gasteiger partial charge in [0.05, 0.1) is 12.9 Å². The molecule has 1 aromatic rings. The fourth-order valence-electron chi connectivity index (χ4n) is 0.597. The van der Waals surface area contributed by atoms with Crippen LogP contribution in [0.1, 0.15) is 0 Å². The molecular weight excluding hydrogens is 121 g/mol. The summed E-state index contributed by atoms with van der Waals surface area (Å²) in [7, 11) is 0. The number of aromatic nitrogens is 2. The van der Waals surface area contributed by atoms with Crippen molar-refractivity contribution < 1.29 is 4.39 Å². The standard InChI is InChI=1S/C5H8FN3/c6-1-2-9-3-5(7)8-4-9/h3-4H,1-2,7H2. The number of halogens is 1. The van der Waals surface area contributed by atoms with Crippen molar-refractivity contribution in [3.8, 4) is 0 Å². The van der Waals surface area contributed by atoms with Crippen LogP contribution in [0.3, 0.4) is 0 Å². The molecule has 0 aliphatic heterocycles. The summed E-state index contributed by atoms with van der Waals surface area (Å²) in [6.07, 6.45) is 3.11. The number of hydrogen-bond donors (Lipinski definition) is 1. The molecule has 2 N–H and O–H groups in total. The first-order valence-electron chi connectivity index (χ1n) is 2.66. The summed E-state index contributed by atoms with van der Waals surface area (Å²) in [5.74, 6) is 0.434. The van der Waals surface area contributed by atoms with Crippen molar-refractivity contribution in [2.75, 3.05) is 12.4 Å². The van der Waals surface area contributed by atoms with Crippen LogP contribution in [0.2, 0.25) is 0 Å². The van der Waals surface area contributed by atoms with Gasteiger partial charge in [-0.3, -0.25) is 0 Å². The molecule has 50 valence electrons. The van der Waals surface area contributed by atoms with Crippen LogP contribution >= 0.6 is 0 Å². The molecule has 0 aromatic carbocycles. The van der Waals surface area contributed by atoms with E-state index in [1.807, 2.05) is 0 Å². The molecule has 1 heterocycles. The van der Waals surface area contributed by atoms with E-state index >= 15 is 0 Å². The molecule has 0 unspecified atom stereocenters. The highest BCUT2D eigenvalue weighted by Crippen LogP contribution is 1.95. The molecule has 0 amide bonds. The van der Waals surface area contributed by atoms with E-state index in [0.717, 1.165) is 0 Å². The summed E-state index contributed by atoms with van der Waals surface area (Å²) in [6.45, 7) is -0.0417. The second kappa shape index (κ2) is 2.48. The molecule has 4 heteroatoms. The number of aryl methyl sites for hydroxylation is 1. The number of anilines is 1. The highest BCUT2D eigenvalue weighted by molar-refractivity contribution is 5.22. The third-order valence-electron chi connectivity index (χ3n) is 0.996. The molecule has 1 aromatic heterocycles. The minimum Gasteiger partial charge on any atom is -0.382 e. The molecule has 0 aliphatic carbocycles. The van der Waals surface area contributed by atoms with Crippen molar-refractivity contribution in [3.63, 3.8) is 0 Å². The number of imidazole rings is 1. The van der Waals surface area contributed by atoms with Crippen molar-refractivity contribution in [2.24, 2.45) is 0 Å². The third kappa shape index (κ3) is 1.42. The summed E-state index contributed by atoms with van der Waals surface area (Å²) in [5, 5.41) is 0. The smallest absolute Gasteiger partial charge is 0.141 e. The van der Waals surface area contributed by atoms with Gasteiger partial charge in [-0.1, -0.05) is 0 Å². The zero-order valence-electron chi connectivity index (χ0n) is 4.92. The van der Waals surface area contributed by atoms with Gasteiger partial charge in [0.1, 0.15) is 12.5 Å². The Morgan fingerprint density at radius 1 is 1.78 bits per heavy atom. The molecule has 9 heavy (non-hydrogen) atoms. The summed E-state index contributed by atoms with van der Waals surface area (Å²) in [6, 6.07) is 0. The number of hydrogen-bond acceptors (Lipinski definition) is 2. The number of nitrogens with zero attached hydrogens (tertiary/aromatic N) is 2. The Morgan fingerprint density at radius 2 is 2.56 bits per heavy atom. The summed E-state index contributed by atoms with van der Waals surface area (Å²) in [4.78, 5) is 3.71. The highest BCUT2D eigenvalue weighted by Gasteiger charge is 1.90. The Bertz CT molecular complexity index is 184. The topological polar surface area (TPSA) is 43.8 Å². The Balaban J connectivity index is 2.61.